The Balaban J connectivity index is 1.76. The second-order valence-corrected chi connectivity index (χ2v) is 5.54. The third-order valence-corrected chi connectivity index (χ3v) is 3.22. The minimum absolute atomic E-state index is 0.0433. The summed E-state index contributed by atoms with van der Waals surface area (Å²) in [6.45, 7) is 4.51. The number of halogens is 1. The van der Waals surface area contributed by atoms with Gasteiger partial charge < -0.3 is 15.4 Å². The molecule has 0 spiro atoms. The molecule has 22 heavy (non-hydrogen) atoms. The number of thiocarbonyl (C=S) groups is 1. The van der Waals surface area contributed by atoms with Crippen LogP contribution in [0.3, 0.4) is 0 Å². The molecule has 0 amide bonds. The summed E-state index contributed by atoms with van der Waals surface area (Å²) in [6, 6.07) is 14.0. The molecule has 2 aromatic rings. The van der Waals surface area contributed by atoms with Gasteiger partial charge in [-0.3, -0.25) is 0 Å². The van der Waals surface area contributed by atoms with Gasteiger partial charge in [0.25, 0.3) is 0 Å². The van der Waals surface area contributed by atoms with E-state index in [1.165, 1.54) is 17.7 Å². The van der Waals surface area contributed by atoms with Crippen molar-refractivity contribution in [2.75, 3.05) is 11.9 Å². The normalized spacial score (nSPS) is 11.6. The minimum Gasteiger partial charge on any atom is -0.491 e. The molecule has 0 bridgehead atoms. The van der Waals surface area contributed by atoms with Gasteiger partial charge in [-0.05, 0) is 62.5 Å². The molecule has 0 saturated heterocycles. The Kier molecular flexibility index (Phi) is 5.72. The molecule has 0 saturated carbocycles. The van der Waals surface area contributed by atoms with E-state index in [0.717, 1.165) is 11.4 Å². The fraction of sp³-hybridized carbons (Fsp3) is 0.235. The van der Waals surface area contributed by atoms with Crippen LogP contribution in [0.15, 0.2) is 48.5 Å². The first-order valence-electron chi connectivity index (χ1n) is 7.05. The van der Waals surface area contributed by atoms with Crippen LogP contribution < -0.4 is 15.4 Å². The summed E-state index contributed by atoms with van der Waals surface area (Å²) in [5.74, 6) is 0.556. The molecule has 2 N–H and O–H groups in total. The first-order valence-corrected chi connectivity index (χ1v) is 7.46. The van der Waals surface area contributed by atoms with Crippen LogP contribution in [0.4, 0.5) is 10.1 Å². The lowest BCUT2D eigenvalue weighted by Gasteiger charge is -2.17. The molecule has 0 aliphatic carbocycles. The number of anilines is 1. The lowest BCUT2D eigenvalue weighted by molar-refractivity contribution is 0.287. The number of rotatable bonds is 5. The lowest BCUT2D eigenvalue weighted by atomic mass is 10.2. The first-order chi connectivity index (χ1) is 10.5. The molecule has 1 atom stereocenters. The molecule has 0 aliphatic rings. The van der Waals surface area contributed by atoms with E-state index in [1.807, 2.05) is 38.1 Å². The number of nitrogens with one attached hydrogen (secondary N) is 2. The van der Waals surface area contributed by atoms with Crippen LogP contribution >= 0.6 is 12.2 Å². The standard InChI is InChI=1S/C17H19FN2OS/c1-12-3-9-16(10-4-12)21-11-13(2)19-17(22)20-15-7-5-14(18)6-8-15/h3-10,13H,11H2,1-2H3,(H2,19,20,22). The average Bonchev–Trinajstić information content (AvgIpc) is 2.49. The van der Waals surface area contributed by atoms with Crippen LogP contribution in [-0.4, -0.2) is 17.8 Å². The average molecular weight is 318 g/mol. The second kappa shape index (κ2) is 7.75. The van der Waals surface area contributed by atoms with E-state index >= 15 is 0 Å². The molecule has 0 heterocycles. The van der Waals surface area contributed by atoms with Crippen LogP contribution in [-0.2, 0) is 0 Å². The summed E-state index contributed by atoms with van der Waals surface area (Å²) < 4.78 is 18.5. The van der Waals surface area contributed by atoms with Gasteiger partial charge in [-0.25, -0.2) is 4.39 Å². The van der Waals surface area contributed by atoms with E-state index in [0.29, 0.717) is 11.7 Å². The lowest BCUT2D eigenvalue weighted by Crippen LogP contribution is -2.39. The Morgan fingerprint density at radius 1 is 1.14 bits per heavy atom. The quantitative estimate of drug-likeness (QED) is 0.820. The Morgan fingerprint density at radius 3 is 2.41 bits per heavy atom. The van der Waals surface area contributed by atoms with E-state index in [-0.39, 0.29) is 11.9 Å². The maximum atomic E-state index is 12.8. The molecule has 3 nitrogen and oxygen atoms in total. The predicted octanol–water partition coefficient (Wildman–Crippen LogP) is 3.89. The third-order valence-electron chi connectivity index (χ3n) is 3.00. The van der Waals surface area contributed by atoms with Crippen molar-refractivity contribution >= 4 is 23.0 Å². The van der Waals surface area contributed by atoms with Gasteiger partial charge >= 0.3 is 0 Å². The molecule has 2 rings (SSSR count). The fourth-order valence-electron chi connectivity index (χ4n) is 1.82. The van der Waals surface area contributed by atoms with E-state index in [2.05, 4.69) is 10.6 Å². The van der Waals surface area contributed by atoms with Gasteiger partial charge in [-0.2, -0.15) is 0 Å². The molecule has 2 aromatic carbocycles. The van der Waals surface area contributed by atoms with Gasteiger partial charge in [0.05, 0.1) is 6.04 Å². The summed E-state index contributed by atoms with van der Waals surface area (Å²) >= 11 is 5.22. The summed E-state index contributed by atoms with van der Waals surface area (Å²) in [5, 5.41) is 6.61. The van der Waals surface area contributed by atoms with Gasteiger partial charge in [0, 0.05) is 5.69 Å². The number of ether oxygens (including phenoxy) is 1. The zero-order valence-corrected chi connectivity index (χ0v) is 13.4. The minimum atomic E-state index is -0.274. The van der Waals surface area contributed by atoms with E-state index in [4.69, 9.17) is 17.0 Å². The second-order valence-electron chi connectivity index (χ2n) is 5.13. The smallest absolute Gasteiger partial charge is 0.171 e. The SMILES string of the molecule is Cc1ccc(OCC(C)NC(=S)Nc2ccc(F)cc2)cc1. The maximum Gasteiger partial charge on any atom is 0.171 e. The third kappa shape index (κ3) is 5.33. The van der Waals surface area contributed by atoms with E-state index in [9.17, 15) is 4.39 Å². The molecule has 0 aromatic heterocycles. The Labute approximate surface area is 135 Å². The molecule has 116 valence electrons. The first kappa shape index (κ1) is 16.2. The molecule has 0 fully saturated rings. The van der Waals surface area contributed by atoms with Crippen LogP contribution in [0.1, 0.15) is 12.5 Å². The Bertz CT molecular complexity index is 614. The van der Waals surface area contributed by atoms with Crippen LogP contribution in [0.5, 0.6) is 5.75 Å². The van der Waals surface area contributed by atoms with Gasteiger partial charge in [0.1, 0.15) is 18.2 Å². The van der Waals surface area contributed by atoms with E-state index < -0.39 is 0 Å². The van der Waals surface area contributed by atoms with Crippen molar-refractivity contribution in [1.82, 2.24) is 5.32 Å². The van der Waals surface area contributed by atoms with Crippen molar-refractivity contribution in [2.45, 2.75) is 19.9 Å². The summed E-state index contributed by atoms with van der Waals surface area (Å²) in [5.41, 5.74) is 1.94. The van der Waals surface area contributed by atoms with Crippen LogP contribution in [0.2, 0.25) is 0 Å². The highest BCUT2D eigenvalue weighted by atomic mass is 32.1. The highest BCUT2D eigenvalue weighted by molar-refractivity contribution is 7.80. The van der Waals surface area contributed by atoms with Crippen LogP contribution in [0.25, 0.3) is 0 Å². The maximum absolute atomic E-state index is 12.8. The van der Waals surface area contributed by atoms with Gasteiger partial charge in [0.2, 0.25) is 0 Å². The number of hydrogen-bond donors (Lipinski definition) is 2. The molecule has 0 radical (unpaired) electrons. The van der Waals surface area contributed by atoms with Crippen LogP contribution in [0, 0.1) is 12.7 Å². The largest absolute Gasteiger partial charge is 0.491 e. The molecule has 5 heteroatoms. The van der Waals surface area contributed by atoms with Crippen molar-refractivity contribution in [3.05, 3.63) is 59.9 Å². The van der Waals surface area contributed by atoms with Gasteiger partial charge in [-0.1, -0.05) is 17.7 Å². The number of hydrogen-bond acceptors (Lipinski definition) is 2. The van der Waals surface area contributed by atoms with Crippen molar-refractivity contribution in [1.29, 1.82) is 0 Å². The van der Waals surface area contributed by atoms with E-state index in [1.54, 1.807) is 12.1 Å². The number of benzene rings is 2. The van der Waals surface area contributed by atoms with Gasteiger partial charge in [-0.15, -0.1) is 0 Å². The fourth-order valence-corrected chi connectivity index (χ4v) is 2.14. The summed E-state index contributed by atoms with van der Waals surface area (Å²) in [4.78, 5) is 0. The van der Waals surface area contributed by atoms with Crippen molar-refractivity contribution in [3.63, 3.8) is 0 Å². The van der Waals surface area contributed by atoms with Crippen molar-refractivity contribution < 1.29 is 9.13 Å². The summed E-state index contributed by atoms with van der Waals surface area (Å²) in [6.07, 6.45) is 0. The monoisotopic (exact) mass is 318 g/mol. The summed E-state index contributed by atoms with van der Waals surface area (Å²) in [7, 11) is 0. The predicted molar refractivity (Wildman–Crippen MR) is 91.9 cm³/mol. The molecular formula is C17H19FN2OS. The molecule has 1 unspecified atom stereocenters. The highest BCUT2D eigenvalue weighted by Gasteiger charge is 2.06. The Hall–Kier alpha value is -2.14. The highest BCUT2D eigenvalue weighted by Crippen LogP contribution is 2.12. The topological polar surface area (TPSA) is 33.3 Å². The van der Waals surface area contributed by atoms with Crippen molar-refractivity contribution in [3.8, 4) is 5.75 Å². The molecule has 0 aliphatic heterocycles. The number of aryl methyl sites for hydroxylation is 1. The molecular weight excluding hydrogens is 299 g/mol. The zero-order chi connectivity index (χ0) is 15.9. The van der Waals surface area contributed by atoms with Gasteiger partial charge in [0.15, 0.2) is 5.11 Å². The Morgan fingerprint density at radius 2 is 1.77 bits per heavy atom. The van der Waals surface area contributed by atoms with Crippen molar-refractivity contribution in [2.24, 2.45) is 0 Å². The zero-order valence-electron chi connectivity index (χ0n) is 12.6.